The molecule has 0 atom stereocenters. The summed E-state index contributed by atoms with van der Waals surface area (Å²) in [4.78, 5) is 15.8. The van der Waals surface area contributed by atoms with Crippen LogP contribution in [0.25, 0.3) is 10.9 Å². The first kappa shape index (κ1) is 13.3. The standard InChI is InChI=1S/C18H15NO2/c1-13(20)15-6-3-9-17(11-15)21-12-16-7-2-5-14-8-4-10-19-18(14)16/h2-11H,12H2,1H3. The van der Waals surface area contributed by atoms with Crippen molar-refractivity contribution in [2.45, 2.75) is 13.5 Å². The Morgan fingerprint density at radius 3 is 2.76 bits per heavy atom. The summed E-state index contributed by atoms with van der Waals surface area (Å²) < 4.78 is 5.80. The van der Waals surface area contributed by atoms with Gasteiger partial charge < -0.3 is 4.74 Å². The first-order valence-electron chi connectivity index (χ1n) is 6.80. The van der Waals surface area contributed by atoms with Gasteiger partial charge in [-0.05, 0) is 25.1 Å². The van der Waals surface area contributed by atoms with Gasteiger partial charge in [0.2, 0.25) is 0 Å². The Labute approximate surface area is 123 Å². The van der Waals surface area contributed by atoms with E-state index in [1.165, 1.54) is 0 Å². The number of para-hydroxylation sites is 1. The molecule has 3 heteroatoms. The van der Waals surface area contributed by atoms with Gasteiger partial charge in [-0.15, -0.1) is 0 Å². The molecular formula is C18H15NO2. The van der Waals surface area contributed by atoms with Crippen LogP contribution in [0.5, 0.6) is 5.75 Å². The highest BCUT2D eigenvalue weighted by atomic mass is 16.5. The molecule has 0 radical (unpaired) electrons. The maximum atomic E-state index is 11.4. The summed E-state index contributed by atoms with van der Waals surface area (Å²) >= 11 is 0. The van der Waals surface area contributed by atoms with Crippen molar-refractivity contribution in [3.8, 4) is 5.75 Å². The van der Waals surface area contributed by atoms with Gasteiger partial charge in [-0.1, -0.05) is 36.4 Å². The van der Waals surface area contributed by atoms with Crippen LogP contribution >= 0.6 is 0 Å². The van der Waals surface area contributed by atoms with Gasteiger partial charge in [0.1, 0.15) is 12.4 Å². The number of ether oxygens (including phenoxy) is 1. The third-order valence-corrected chi connectivity index (χ3v) is 3.35. The largest absolute Gasteiger partial charge is 0.489 e. The fraction of sp³-hybridized carbons (Fsp3) is 0.111. The number of ketones is 1. The van der Waals surface area contributed by atoms with E-state index in [1.807, 2.05) is 42.5 Å². The Morgan fingerprint density at radius 1 is 1.10 bits per heavy atom. The number of carbonyl (C=O) groups excluding carboxylic acids is 1. The SMILES string of the molecule is CC(=O)c1cccc(OCc2cccc3cccnc23)c1. The lowest BCUT2D eigenvalue weighted by Crippen LogP contribution is -1.99. The summed E-state index contributed by atoms with van der Waals surface area (Å²) in [6.45, 7) is 1.98. The lowest BCUT2D eigenvalue weighted by Gasteiger charge is -2.09. The summed E-state index contributed by atoms with van der Waals surface area (Å²) in [6, 6.07) is 17.2. The molecule has 21 heavy (non-hydrogen) atoms. The summed E-state index contributed by atoms with van der Waals surface area (Å²) in [5, 5.41) is 1.09. The lowest BCUT2D eigenvalue weighted by molar-refractivity contribution is 0.101. The third kappa shape index (κ3) is 2.92. The Morgan fingerprint density at radius 2 is 1.90 bits per heavy atom. The number of fused-ring (bicyclic) bond motifs is 1. The second-order valence-corrected chi connectivity index (χ2v) is 4.86. The van der Waals surface area contributed by atoms with Crippen molar-refractivity contribution in [3.05, 3.63) is 71.9 Å². The molecule has 3 rings (SSSR count). The van der Waals surface area contributed by atoms with E-state index in [2.05, 4.69) is 4.98 Å². The highest BCUT2D eigenvalue weighted by Crippen LogP contribution is 2.19. The van der Waals surface area contributed by atoms with Crippen LogP contribution < -0.4 is 4.74 Å². The molecule has 0 spiro atoms. The Kier molecular flexibility index (Phi) is 3.65. The molecule has 0 N–H and O–H groups in total. The summed E-state index contributed by atoms with van der Waals surface area (Å²) in [6.07, 6.45) is 1.78. The minimum absolute atomic E-state index is 0.0345. The predicted molar refractivity (Wildman–Crippen MR) is 82.5 cm³/mol. The predicted octanol–water partition coefficient (Wildman–Crippen LogP) is 4.02. The molecule has 0 bridgehead atoms. The maximum Gasteiger partial charge on any atom is 0.159 e. The normalized spacial score (nSPS) is 10.5. The van der Waals surface area contributed by atoms with Crippen LogP contribution in [-0.2, 0) is 6.61 Å². The lowest BCUT2D eigenvalue weighted by atomic mass is 10.1. The minimum atomic E-state index is 0.0345. The van der Waals surface area contributed by atoms with Crippen molar-refractivity contribution >= 4 is 16.7 Å². The van der Waals surface area contributed by atoms with E-state index in [9.17, 15) is 4.79 Å². The van der Waals surface area contributed by atoms with Gasteiger partial charge in [-0.3, -0.25) is 9.78 Å². The first-order valence-corrected chi connectivity index (χ1v) is 6.80. The van der Waals surface area contributed by atoms with Gasteiger partial charge >= 0.3 is 0 Å². The molecule has 1 heterocycles. The first-order chi connectivity index (χ1) is 10.2. The molecule has 1 aromatic heterocycles. The van der Waals surface area contributed by atoms with Crippen molar-refractivity contribution in [1.29, 1.82) is 0 Å². The number of pyridine rings is 1. The van der Waals surface area contributed by atoms with E-state index in [-0.39, 0.29) is 5.78 Å². The van der Waals surface area contributed by atoms with Gasteiger partial charge in [0.05, 0.1) is 5.52 Å². The fourth-order valence-electron chi connectivity index (χ4n) is 2.25. The van der Waals surface area contributed by atoms with E-state index in [0.29, 0.717) is 17.9 Å². The van der Waals surface area contributed by atoms with Crippen molar-refractivity contribution in [1.82, 2.24) is 4.98 Å². The van der Waals surface area contributed by atoms with Crippen LogP contribution in [0.2, 0.25) is 0 Å². The molecule has 0 aliphatic carbocycles. The number of hydrogen-bond donors (Lipinski definition) is 0. The molecule has 2 aromatic carbocycles. The van der Waals surface area contributed by atoms with Crippen LogP contribution in [-0.4, -0.2) is 10.8 Å². The molecule has 0 amide bonds. The van der Waals surface area contributed by atoms with Gasteiger partial charge in [-0.25, -0.2) is 0 Å². The number of carbonyl (C=O) groups is 1. The zero-order chi connectivity index (χ0) is 14.7. The monoisotopic (exact) mass is 277 g/mol. The van der Waals surface area contributed by atoms with Crippen LogP contribution in [0.4, 0.5) is 0 Å². The number of Topliss-reactive ketones (excluding diaryl/α,β-unsaturated/α-hetero) is 1. The quantitative estimate of drug-likeness (QED) is 0.676. The minimum Gasteiger partial charge on any atom is -0.489 e. The third-order valence-electron chi connectivity index (χ3n) is 3.35. The average molecular weight is 277 g/mol. The van der Waals surface area contributed by atoms with Crippen molar-refractivity contribution in [2.75, 3.05) is 0 Å². The number of rotatable bonds is 4. The fourth-order valence-corrected chi connectivity index (χ4v) is 2.25. The summed E-state index contributed by atoms with van der Waals surface area (Å²) in [5.74, 6) is 0.725. The molecule has 0 aliphatic rings. The second kappa shape index (κ2) is 5.75. The van der Waals surface area contributed by atoms with Crippen molar-refractivity contribution in [2.24, 2.45) is 0 Å². The van der Waals surface area contributed by atoms with Crippen LogP contribution in [0, 0.1) is 0 Å². The van der Waals surface area contributed by atoms with E-state index < -0.39 is 0 Å². The summed E-state index contributed by atoms with van der Waals surface area (Å²) in [5.41, 5.74) is 2.63. The molecule has 0 saturated heterocycles. The average Bonchev–Trinajstić information content (AvgIpc) is 2.53. The van der Waals surface area contributed by atoms with E-state index in [1.54, 1.807) is 25.3 Å². The van der Waals surface area contributed by atoms with Gasteiger partial charge in [-0.2, -0.15) is 0 Å². The molecule has 3 nitrogen and oxygen atoms in total. The Balaban J connectivity index is 1.84. The zero-order valence-corrected chi connectivity index (χ0v) is 11.7. The maximum absolute atomic E-state index is 11.4. The van der Waals surface area contributed by atoms with Crippen LogP contribution in [0.3, 0.4) is 0 Å². The topological polar surface area (TPSA) is 39.2 Å². The van der Waals surface area contributed by atoms with Crippen LogP contribution in [0.15, 0.2) is 60.8 Å². The highest BCUT2D eigenvalue weighted by molar-refractivity contribution is 5.94. The molecule has 104 valence electrons. The molecule has 0 aliphatic heterocycles. The Hall–Kier alpha value is -2.68. The molecule has 0 saturated carbocycles. The number of nitrogens with zero attached hydrogens (tertiary/aromatic N) is 1. The number of hydrogen-bond acceptors (Lipinski definition) is 3. The second-order valence-electron chi connectivity index (χ2n) is 4.86. The van der Waals surface area contributed by atoms with Crippen molar-refractivity contribution in [3.63, 3.8) is 0 Å². The van der Waals surface area contributed by atoms with E-state index >= 15 is 0 Å². The van der Waals surface area contributed by atoms with Crippen molar-refractivity contribution < 1.29 is 9.53 Å². The van der Waals surface area contributed by atoms with Gasteiger partial charge in [0.25, 0.3) is 0 Å². The van der Waals surface area contributed by atoms with E-state index in [0.717, 1.165) is 16.5 Å². The van der Waals surface area contributed by atoms with Gasteiger partial charge in [0.15, 0.2) is 5.78 Å². The highest BCUT2D eigenvalue weighted by Gasteiger charge is 2.04. The molecule has 0 fully saturated rings. The zero-order valence-electron chi connectivity index (χ0n) is 11.7. The van der Waals surface area contributed by atoms with E-state index in [4.69, 9.17) is 4.74 Å². The molecular weight excluding hydrogens is 262 g/mol. The Bertz CT molecular complexity index is 791. The smallest absolute Gasteiger partial charge is 0.159 e. The van der Waals surface area contributed by atoms with Gasteiger partial charge in [0, 0.05) is 22.7 Å². The number of aromatic nitrogens is 1. The molecule has 3 aromatic rings. The summed E-state index contributed by atoms with van der Waals surface area (Å²) in [7, 11) is 0. The number of benzene rings is 2. The molecule has 0 unspecified atom stereocenters. The van der Waals surface area contributed by atoms with Crippen LogP contribution in [0.1, 0.15) is 22.8 Å².